The number of carbonyl (C=O) groups is 4. The van der Waals surface area contributed by atoms with E-state index in [-0.39, 0.29) is 25.7 Å². The first-order valence-electron chi connectivity index (χ1n) is 38.3. The number of phosphoric ester groups is 2. The van der Waals surface area contributed by atoms with Gasteiger partial charge in [0.05, 0.1) is 26.4 Å². The second kappa shape index (κ2) is 67.6. The van der Waals surface area contributed by atoms with Gasteiger partial charge in [-0.2, -0.15) is 0 Å². The molecule has 0 heterocycles. The lowest BCUT2D eigenvalue weighted by Gasteiger charge is -2.21. The van der Waals surface area contributed by atoms with Gasteiger partial charge in [0.15, 0.2) is 12.2 Å². The first-order chi connectivity index (χ1) is 44.7. The van der Waals surface area contributed by atoms with Gasteiger partial charge < -0.3 is 33.8 Å². The summed E-state index contributed by atoms with van der Waals surface area (Å²) < 4.78 is 68.1. The minimum Gasteiger partial charge on any atom is -0.462 e. The zero-order valence-electron chi connectivity index (χ0n) is 59.5. The summed E-state index contributed by atoms with van der Waals surface area (Å²) in [6.07, 6.45) is 57.4. The summed E-state index contributed by atoms with van der Waals surface area (Å²) in [5.41, 5.74) is 0. The maximum atomic E-state index is 13.1. The van der Waals surface area contributed by atoms with Gasteiger partial charge in [-0.05, 0) is 25.7 Å². The molecule has 0 aliphatic heterocycles. The number of aliphatic hydroxyl groups excluding tert-OH is 1. The monoisotopic (exact) mass is 1350 g/mol. The topological polar surface area (TPSA) is 237 Å². The van der Waals surface area contributed by atoms with Crippen LogP contribution in [0.15, 0.2) is 0 Å². The fourth-order valence-corrected chi connectivity index (χ4v) is 12.8. The Balaban J connectivity index is 5.12. The van der Waals surface area contributed by atoms with Crippen LogP contribution in [0, 0.1) is 0 Å². The highest BCUT2D eigenvalue weighted by atomic mass is 31.2. The number of esters is 4. The Bertz CT molecular complexity index is 1760. The van der Waals surface area contributed by atoms with Crippen molar-refractivity contribution in [2.75, 3.05) is 39.6 Å². The first kappa shape index (κ1) is 90.1. The number of hydrogen-bond donors (Lipinski definition) is 3. The van der Waals surface area contributed by atoms with Gasteiger partial charge in [-0.1, -0.05) is 336 Å². The van der Waals surface area contributed by atoms with E-state index in [4.69, 9.17) is 37.0 Å². The van der Waals surface area contributed by atoms with E-state index in [2.05, 4.69) is 27.7 Å². The molecule has 92 heavy (non-hydrogen) atoms. The van der Waals surface area contributed by atoms with Crippen molar-refractivity contribution in [3.8, 4) is 0 Å². The molecule has 0 aromatic heterocycles. The van der Waals surface area contributed by atoms with Gasteiger partial charge in [0.25, 0.3) is 0 Å². The van der Waals surface area contributed by atoms with Crippen LogP contribution in [0.1, 0.15) is 387 Å². The number of hydrogen-bond acceptors (Lipinski definition) is 15. The third-order valence-electron chi connectivity index (χ3n) is 17.1. The summed E-state index contributed by atoms with van der Waals surface area (Å²) in [5, 5.41) is 10.6. The molecule has 5 atom stereocenters. The zero-order chi connectivity index (χ0) is 67.5. The maximum Gasteiger partial charge on any atom is 0.472 e. The highest BCUT2D eigenvalue weighted by Gasteiger charge is 2.30. The highest BCUT2D eigenvalue weighted by Crippen LogP contribution is 2.45. The Morgan fingerprint density at radius 2 is 0.435 bits per heavy atom. The van der Waals surface area contributed by atoms with E-state index in [1.165, 1.54) is 212 Å². The smallest absolute Gasteiger partial charge is 0.462 e. The van der Waals surface area contributed by atoms with Gasteiger partial charge in [0.1, 0.15) is 19.3 Å². The van der Waals surface area contributed by atoms with E-state index in [0.29, 0.717) is 25.7 Å². The van der Waals surface area contributed by atoms with E-state index in [0.717, 1.165) is 96.3 Å². The fraction of sp³-hybridized carbons (Fsp3) is 0.945. The average molecular weight is 1350 g/mol. The molecule has 19 heteroatoms. The Kier molecular flexibility index (Phi) is 66.2. The summed E-state index contributed by atoms with van der Waals surface area (Å²) >= 11 is 0. The molecule has 2 unspecified atom stereocenters. The lowest BCUT2D eigenvalue weighted by Crippen LogP contribution is -2.30. The lowest BCUT2D eigenvalue weighted by atomic mass is 10.0. The van der Waals surface area contributed by atoms with Crippen molar-refractivity contribution < 1.29 is 80.2 Å². The van der Waals surface area contributed by atoms with E-state index >= 15 is 0 Å². The molecule has 0 aliphatic carbocycles. The van der Waals surface area contributed by atoms with Crippen molar-refractivity contribution in [3.63, 3.8) is 0 Å². The Hall–Kier alpha value is -1.94. The molecule has 0 spiro atoms. The normalized spacial score (nSPS) is 13.9. The van der Waals surface area contributed by atoms with Gasteiger partial charge in [-0.3, -0.25) is 37.3 Å². The van der Waals surface area contributed by atoms with Gasteiger partial charge in [0, 0.05) is 25.7 Å². The molecule has 0 aromatic carbocycles. The summed E-state index contributed by atoms with van der Waals surface area (Å²) in [6, 6.07) is 0. The van der Waals surface area contributed by atoms with E-state index < -0.39 is 97.5 Å². The molecular formula is C73H142O17P2. The minimum absolute atomic E-state index is 0.106. The van der Waals surface area contributed by atoms with E-state index in [1.54, 1.807) is 0 Å². The molecule has 0 saturated carbocycles. The number of ether oxygens (including phenoxy) is 4. The second-order valence-electron chi connectivity index (χ2n) is 26.3. The third kappa shape index (κ3) is 66.7. The Morgan fingerprint density at radius 1 is 0.261 bits per heavy atom. The minimum atomic E-state index is -4.95. The molecule has 17 nitrogen and oxygen atoms in total. The maximum absolute atomic E-state index is 13.1. The van der Waals surface area contributed by atoms with Crippen LogP contribution < -0.4 is 0 Å². The number of rotatable bonds is 74. The van der Waals surface area contributed by atoms with Crippen molar-refractivity contribution >= 4 is 39.5 Å². The van der Waals surface area contributed by atoms with Gasteiger partial charge in [-0.15, -0.1) is 0 Å². The molecule has 0 rings (SSSR count). The standard InChI is InChI=1S/C73H142O17P2/c1-5-9-13-17-20-23-26-28-30-32-33-34-36-38-40-42-45-48-52-56-60-73(78)90-69(64-84-71(76)58-54-50-46-44-41-39-37-35-31-29-27-24-21-18-14-10-6-2)66-88-92(81,82)86-62-67(74)61-85-91(79,80)87-65-68(63-83-70(75)57-53-49-16-12-8-4)89-72(77)59-55-51-47-43-25-22-19-15-11-7-3/h67-69,74H,5-66H2,1-4H3,(H,79,80)(H,81,82)/t67-,68+,69+/m0/s1. The quantitative estimate of drug-likeness (QED) is 0.0222. The van der Waals surface area contributed by atoms with Crippen molar-refractivity contribution in [2.45, 2.75) is 406 Å². The van der Waals surface area contributed by atoms with Crippen LogP contribution in [-0.4, -0.2) is 96.7 Å². The molecule has 0 aromatic rings. The molecule has 0 amide bonds. The van der Waals surface area contributed by atoms with Crippen molar-refractivity contribution in [2.24, 2.45) is 0 Å². The Morgan fingerprint density at radius 3 is 0.641 bits per heavy atom. The zero-order valence-corrected chi connectivity index (χ0v) is 61.3. The largest absolute Gasteiger partial charge is 0.472 e. The SMILES string of the molecule is CCCCCCCCCCCCCCCCCCCCCCC(=O)O[C@H](COC(=O)CCCCCCCCCCCCCCCCCCC)COP(=O)(O)OC[C@@H](O)COP(=O)(O)OC[C@@H](COC(=O)CCCCCCC)OC(=O)CCCCCCCCCCCC. The highest BCUT2D eigenvalue weighted by molar-refractivity contribution is 7.47. The summed E-state index contributed by atoms with van der Waals surface area (Å²) in [4.78, 5) is 72.3. The van der Waals surface area contributed by atoms with Crippen molar-refractivity contribution in [1.82, 2.24) is 0 Å². The van der Waals surface area contributed by atoms with E-state index in [1.807, 2.05) is 0 Å². The summed E-state index contributed by atoms with van der Waals surface area (Å²) in [7, 11) is -9.89. The molecule has 0 radical (unpaired) electrons. The summed E-state index contributed by atoms with van der Waals surface area (Å²) in [5.74, 6) is -2.13. The van der Waals surface area contributed by atoms with Crippen LogP contribution in [0.5, 0.6) is 0 Å². The van der Waals surface area contributed by atoms with Crippen LogP contribution >= 0.6 is 15.6 Å². The number of unbranched alkanes of at least 4 members (excludes halogenated alkanes) is 48. The average Bonchev–Trinajstić information content (AvgIpc) is 2.02. The molecular weight excluding hydrogens is 1210 g/mol. The summed E-state index contributed by atoms with van der Waals surface area (Å²) in [6.45, 7) is 4.87. The number of phosphoric acid groups is 2. The number of aliphatic hydroxyl groups is 1. The van der Waals surface area contributed by atoms with Crippen LogP contribution in [0.2, 0.25) is 0 Å². The van der Waals surface area contributed by atoms with Gasteiger partial charge in [0.2, 0.25) is 0 Å². The van der Waals surface area contributed by atoms with E-state index in [9.17, 15) is 43.2 Å². The third-order valence-corrected chi connectivity index (χ3v) is 19.0. The fourth-order valence-electron chi connectivity index (χ4n) is 11.2. The van der Waals surface area contributed by atoms with Crippen molar-refractivity contribution in [1.29, 1.82) is 0 Å². The predicted molar refractivity (Wildman–Crippen MR) is 372 cm³/mol. The molecule has 546 valence electrons. The van der Waals surface area contributed by atoms with Crippen LogP contribution in [0.3, 0.4) is 0 Å². The molecule has 0 saturated heterocycles. The second-order valence-corrected chi connectivity index (χ2v) is 29.2. The van der Waals surface area contributed by atoms with Crippen molar-refractivity contribution in [3.05, 3.63) is 0 Å². The van der Waals surface area contributed by atoms with Crippen LogP contribution in [0.4, 0.5) is 0 Å². The first-order valence-corrected chi connectivity index (χ1v) is 41.3. The van der Waals surface area contributed by atoms with Gasteiger partial charge in [-0.25, -0.2) is 9.13 Å². The van der Waals surface area contributed by atoms with Crippen LogP contribution in [-0.2, 0) is 65.4 Å². The van der Waals surface area contributed by atoms with Crippen LogP contribution in [0.25, 0.3) is 0 Å². The predicted octanol–water partition coefficient (Wildman–Crippen LogP) is 21.4. The molecule has 0 fully saturated rings. The van der Waals surface area contributed by atoms with Gasteiger partial charge >= 0.3 is 39.5 Å². The molecule has 0 bridgehead atoms. The molecule has 3 N–H and O–H groups in total. The molecule has 0 aliphatic rings. The Labute approximate surface area is 562 Å². The number of carbonyl (C=O) groups excluding carboxylic acids is 4. The lowest BCUT2D eigenvalue weighted by molar-refractivity contribution is -0.161.